The number of rotatable bonds is 2. The molecular formula is C11H19N3. The van der Waals surface area contributed by atoms with E-state index in [0.29, 0.717) is 6.04 Å². The van der Waals surface area contributed by atoms with E-state index in [2.05, 4.69) is 34.7 Å². The molecule has 2 heterocycles. The van der Waals surface area contributed by atoms with Gasteiger partial charge in [-0.3, -0.25) is 4.68 Å². The number of piperidine rings is 1. The molecule has 1 aliphatic rings. The first kappa shape index (κ1) is 9.71. The van der Waals surface area contributed by atoms with Gasteiger partial charge in [0.15, 0.2) is 0 Å². The van der Waals surface area contributed by atoms with Gasteiger partial charge in [0.2, 0.25) is 0 Å². The van der Waals surface area contributed by atoms with Crippen LogP contribution in [-0.2, 0) is 6.42 Å². The zero-order valence-electron chi connectivity index (χ0n) is 9.11. The molecule has 0 radical (unpaired) electrons. The topological polar surface area (TPSA) is 21.1 Å². The summed E-state index contributed by atoms with van der Waals surface area (Å²) in [6, 6.07) is 2.77. The highest BCUT2D eigenvalue weighted by Crippen LogP contribution is 2.22. The first-order chi connectivity index (χ1) is 6.81. The van der Waals surface area contributed by atoms with Crippen LogP contribution >= 0.6 is 0 Å². The molecule has 0 unspecified atom stereocenters. The molecule has 2 rings (SSSR count). The van der Waals surface area contributed by atoms with Crippen LogP contribution in [0.3, 0.4) is 0 Å². The van der Waals surface area contributed by atoms with E-state index in [9.17, 15) is 0 Å². The Kier molecular flexibility index (Phi) is 2.87. The van der Waals surface area contributed by atoms with Gasteiger partial charge >= 0.3 is 0 Å². The summed E-state index contributed by atoms with van der Waals surface area (Å²) in [5.74, 6) is 0. The molecule has 0 amide bonds. The molecule has 0 saturated carbocycles. The highest BCUT2D eigenvalue weighted by molar-refractivity contribution is 5.01. The summed E-state index contributed by atoms with van der Waals surface area (Å²) in [4.78, 5) is 2.39. The van der Waals surface area contributed by atoms with E-state index in [1.165, 1.54) is 31.6 Å². The minimum atomic E-state index is 0.635. The van der Waals surface area contributed by atoms with Crippen molar-refractivity contribution in [3.05, 3.63) is 18.0 Å². The average molecular weight is 193 g/mol. The van der Waals surface area contributed by atoms with Crippen molar-refractivity contribution >= 4 is 0 Å². The van der Waals surface area contributed by atoms with E-state index in [1.807, 2.05) is 6.20 Å². The highest BCUT2D eigenvalue weighted by Gasteiger charge is 2.19. The van der Waals surface area contributed by atoms with Gasteiger partial charge in [0.25, 0.3) is 0 Å². The summed E-state index contributed by atoms with van der Waals surface area (Å²) in [6.45, 7) is 4.60. The first-order valence-electron chi connectivity index (χ1n) is 5.52. The molecule has 78 valence electrons. The molecule has 0 spiro atoms. The summed E-state index contributed by atoms with van der Waals surface area (Å²) in [5, 5.41) is 4.43. The number of aryl methyl sites for hydroxylation is 1. The summed E-state index contributed by atoms with van der Waals surface area (Å²) in [6.07, 6.45) is 5.50. The Hall–Kier alpha value is -0.830. The maximum Gasteiger partial charge on any atom is 0.0546 e. The van der Waals surface area contributed by atoms with E-state index < -0.39 is 0 Å². The van der Waals surface area contributed by atoms with Crippen LogP contribution < -0.4 is 0 Å². The molecule has 0 aliphatic carbocycles. The van der Waals surface area contributed by atoms with E-state index in [0.717, 1.165) is 6.42 Å². The smallest absolute Gasteiger partial charge is 0.0546 e. The minimum absolute atomic E-state index is 0.635. The van der Waals surface area contributed by atoms with Crippen molar-refractivity contribution in [1.82, 2.24) is 14.7 Å². The predicted molar refractivity (Wildman–Crippen MR) is 57.4 cm³/mol. The van der Waals surface area contributed by atoms with Crippen molar-refractivity contribution in [3.63, 3.8) is 0 Å². The highest BCUT2D eigenvalue weighted by atomic mass is 15.3. The van der Waals surface area contributed by atoms with Gasteiger partial charge in [0.1, 0.15) is 0 Å². The first-order valence-corrected chi connectivity index (χ1v) is 5.52. The Morgan fingerprint density at radius 3 is 2.79 bits per heavy atom. The quantitative estimate of drug-likeness (QED) is 0.713. The molecule has 3 heteroatoms. The van der Waals surface area contributed by atoms with Gasteiger partial charge in [-0.25, -0.2) is 0 Å². The van der Waals surface area contributed by atoms with E-state index in [4.69, 9.17) is 0 Å². The fraction of sp³-hybridized carbons (Fsp3) is 0.727. The Balaban J connectivity index is 2.08. The zero-order valence-corrected chi connectivity index (χ0v) is 9.11. The fourth-order valence-electron chi connectivity index (χ4n) is 2.19. The van der Waals surface area contributed by atoms with Gasteiger partial charge in [-0.15, -0.1) is 0 Å². The molecule has 0 N–H and O–H groups in total. The summed E-state index contributed by atoms with van der Waals surface area (Å²) in [7, 11) is 2.19. The van der Waals surface area contributed by atoms with Crippen LogP contribution in [0.1, 0.15) is 31.5 Å². The number of aromatic nitrogens is 2. The van der Waals surface area contributed by atoms with E-state index in [1.54, 1.807) is 0 Å². The van der Waals surface area contributed by atoms with E-state index in [-0.39, 0.29) is 0 Å². The maximum atomic E-state index is 4.43. The second-order valence-electron chi connectivity index (χ2n) is 4.16. The van der Waals surface area contributed by atoms with Crippen LogP contribution in [-0.4, -0.2) is 34.8 Å². The lowest BCUT2D eigenvalue weighted by atomic mass is 10.1. The van der Waals surface area contributed by atoms with Crippen molar-refractivity contribution in [2.75, 3.05) is 20.1 Å². The van der Waals surface area contributed by atoms with Crippen LogP contribution in [0.2, 0.25) is 0 Å². The molecule has 0 bridgehead atoms. The lowest BCUT2D eigenvalue weighted by molar-refractivity contribution is 0.210. The van der Waals surface area contributed by atoms with Crippen LogP contribution in [0.5, 0.6) is 0 Å². The summed E-state index contributed by atoms with van der Waals surface area (Å²) >= 11 is 0. The molecule has 1 aliphatic heterocycles. The lowest BCUT2D eigenvalue weighted by Crippen LogP contribution is -2.32. The van der Waals surface area contributed by atoms with Crippen LogP contribution in [0.25, 0.3) is 0 Å². The zero-order chi connectivity index (χ0) is 9.97. The largest absolute Gasteiger partial charge is 0.306 e. The molecule has 0 atom stereocenters. The standard InChI is InChI=1S/C11H19N3/c1-3-10-4-7-12-14(10)11-5-8-13(2)9-6-11/h4,7,11H,3,5-6,8-9H2,1-2H3. The van der Waals surface area contributed by atoms with Crippen molar-refractivity contribution in [1.29, 1.82) is 0 Å². The second-order valence-corrected chi connectivity index (χ2v) is 4.16. The minimum Gasteiger partial charge on any atom is -0.306 e. The van der Waals surface area contributed by atoms with Gasteiger partial charge < -0.3 is 4.90 Å². The van der Waals surface area contributed by atoms with Crippen molar-refractivity contribution in [2.45, 2.75) is 32.2 Å². The Morgan fingerprint density at radius 1 is 1.43 bits per heavy atom. The molecule has 14 heavy (non-hydrogen) atoms. The third-order valence-electron chi connectivity index (χ3n) is 3.15. The summed E-state index contributed by atoms with van der Waals surface area (Å²) < 4.78 is 2.23. The molecule has 1 aromatic heterocycles. The third-order valence-corrected chi connectivity index (χ3v) is 3.15. The van der Waals surface area contributed by atoms with E-state index >= 15 is 0 Å². The maximum absolute atomic E-state index is 4.43. The molecule has 1 fully saturated rings. The normalized spacial score (nSPS) is 20.1. The number of likely N-dealkylation sites (tertiary alicyclic amines) is 1. The van der Waals surface area contributed by atoms with Gasteiger partial charge in [0, 0.05) is 11.9 Å². The van der Waals surface area contributed by atoms with Gasteiger partial charge in [0.05, 0.1) is 6.04 Å². The number of hydrogen-bond donors (Lipinski definition) is 0. The SMILES string of the molecule is CCc1ccnn1C1CCN(C)CC1. The molecule has 1 aromatic rings. The number of nitrogens with zero attached hydrogens (tertiary/aromatic N) is 3. The predicted octanol–water partition coefficient (Wildman–Crippen LogP) is 1.71. The lowest BCUT2D eigenvalue weighted by Gasteiger charge is -2.30. The monoisotopic (exact) mass is 193 g/mol. The Labute approximate surface area is 85.7 Å². The average Bonchev–Trinajstić information content (AvgIpc) is 2.67. The van der Waals surface area contributed by atoms with Crippen LogP contribution in [0, 0.1) is 0 Å². The van der Waals surface area contributed by atoms with Gasteiger partial charge in [-0.05, 0) is 45.5 Å². The van der Waals surface area contributed by atoms with Gasteiger partial charge in [-0.1, -0.05) is 6.92 Å². The Morgan fingerprint density at radius 2 is 2.14 bits per heavy atom. The van der Waals surface area contributed by atoms with Crippen molar-refractivity contribution in [3.8, 4) is 0 Å². The van der Waals surface area contributed by atoms with Crippen molar-refractivity contribution < 1.29 is 0 Å². The third kappa shape index (κ3) is 1.82. The molecular weight excluding hydrogens is 174 g/mol. The van der Waals surface area contributed by atoms with Crippen LogP contribution in [0.15, 0.2) is 12.3 Å². The van der Waals surface area contributed by atoms with Crippen molar-refractivity contribution in [2.24, 2.45) is 0 Å². The fourth-order valence-corrected chi connectivity index (χ4v) is 2.19. The van der Waals surface area contributed by atoms with Gasteiger partial charge in [-0.2, -0.15) is 5.10 Å². The van der Waals surface area contributed by atoms with Crippen LogP contribution in [0.4, 0.5) is 0 Å². The molecule has 1 saturated heterocycles. The Bertz CT molecular complexity index is 284. The summed E-state index contributed by atoms with van der Waals surface area (Å²) in [5.41, 5.74) is 1.37. The molecule has 3 nitrogen and oxygen atoms in total. The number of hydrogen-bond acceptors (Lipinski definition) is 2. The second kappa shape index (κ2) is 4.13. The molecule has 0 aromatic carbocycles.